The Morgan fingerprint density at radius 3 is 3.03 bits per heavy atom. The Hall–Kier alpha value is -2.41. The molecule has 4 rings (SSSR count). The fraction of sp³-hybridized carbons (Fsp3) is 0.391. The van der Waals surface area contributed by atoms with Gasteiger partial charge in [0.2, 0.25) is 0 Å². The standard InChI is InChI=1S/C23H26ClN3O3/c24-18-5-1-4-16(12-18)13-22-26-20-8-7-17(14-21(20)30-22)23(29)25-9-3-11-27-10-2-6-19(28)15-27/h1,4-5,7-8,12,14,19,28H,2-3,6,9-11,13,15H2,(H,25,29). The monoisotopic (exact) mass is 427 g/mol. The molecule has 0 spiro atoms. The van der Waals surface area contributed by atoms with Crippen LogP contribution in [0.1, 0.15) is 41.1 Å². The van der Waals surface area contributed by atoms with Crippen LogP contribution in [-0.2, 0) is 6.42 Å². The summed E-state index contributed by atoms with van der Waals surface area (Å²) in [5.41, 5.74) is 2.91. The summed E-state index contributed by atoms with van der Waals surface area (Å²) in [6.07, 6.45) is 3.10. The Kier molecular flexibility index (Phi) is 6.67. The van der Waals surface area contributed by atoms with Crippen molar-refractivity contribution >= 4 is 28.6 Å². The van der Waals surface area contributed by atoms with Gasteiger partial charge in [0, 0.05) is 30.1 Å². The molecule has 1 unspecified atom stereocenters. The van der Waals surface area contributed by atoms with Gasteiger partial charge >= 0.3 is 0 Å². The largest absolute Gasteiger partial charge is 0.440 e. The first-order valence-corrected chi connectivity index (χ1v) is 10.8. The van der Waals surface area contributed by atoms with E-state index in [9.17, 15) is 9.90 Å². The lowest BCUT2D eigenvalue weighted by molar-refractivity contribution is 0.0697. The summed E-state index contributed by atoms with van der Waals surface area (Å²) in [6, 6.07) is 12.9. The molecule has 0 bridgehead atoms. The van der Waals surface area contributed by atoms with Crippen molar-refractivity contribution in [2.75, 3.05) is 26.2 Å². The van der Waals surface area contributed by atoms with E-state index in [1.807, 2.05) is 30.3 Å². The Morgan fingerprint density at radius 2 is 2.20 bits per heavy atom. The zero-order valence-corrected chi connectivity index (χ0v) is 17.6. The normalized spacial score (nSPS) is 17.3. The van der Waals surface area contributed by atoms with Gasteiger partial charge in [-0.3, -0.25) is 4.79 Å². The average Bonchev–Trinajstić information content (AvgIpc) is 3.12. The van der Waals surface area contributed by atoms with Gasteiger partial charge in [0.05, 0.1) is 6.10 Å². The fourth-order valence-corrected chi connectivity index (χ4v) is 4.06. The molecule has 1 aromatic heterocycles. The number of aromatic nitrogens is 1. The maximum Gasteiger partial charge on any atom is 0.251 e. The number of hydrogen-bond acceptors (Lipinski definition) is 5. The van der Waals surface area contributed by atoms with Crippen LogP contribution in [0.4, 0.5) is 0 Å². The van der Waals surface area contributed by atoms with Crippen LogP contribution in [0.2, 0.25) is 5.02 Å². The predicted molar refractivity (Wildman–Crippen MR) is 117 cm³/mol. The highest BCUT2D eigenvalue weighted by molar-refractivity contribution is 6.30. The van der Waals surface area contributed by atoms with Gasteiger partial charge in [0.25, 0.3) is 5.91 Å². The minimum atomic E-state index is -0.217. The van der Waals surface area contributed by atoms with Gasteiger partial charge in [-0.1, -0.05) is 23.7 Å². The van der Waals surface area contributed by atoms with Crippen LogP contribution in [-0.4, -0.2) is 53.2 Å². The molecule has 1 aliphatic heterocycles. The van der Waals surface area contributed by atoms with Gasteiger partial charge in [-0.25, -0.2) is 4.98 Å². The lowest BCUT2D eigenvalue weighted by Crippen LogP contribution is -2.39. The van der Waals surface area contributed by atoms with E-state index in [1.165, 1.54) is 0 Å². The van der Waals surface area contributed by atoms with Gasteiger partial charge in [0.15, 0.2) is 11.5 Å². The van der Waals surface area contributed by atoms with Gasteiger partial charge < -0.3 is 19.7 Å². The van der Waals surface area contributed by atoms with Crippen molar-refractivity contribution in [3.8, 4) is 0 Å². The first-order chi connectivity index (χ1) is 14.6. The van der Waals surface area contributed by atoms with E-state index >= 15 is 0 Å². The number of benzene rings is 2. The zero-order chi connectivity index (χ0) is 20.9. The Bertz CT molecular complexity index is 1020. The molecule has 1 aliphatic rings. The molecular weight excluding hydrogens is 402 g/mol. The number of rotatable bonds is 7. The van der Waals surface area contributed by atoms with E-state index in [1.54, 1.807) is 12.1 Å². The summed E-state index contributed by atoms with van der Waals surface area (Å²) >= 11 is 6.04. The Balaban J connectivity index is 1.32. The SMILES string of the molecule is O=C(NCCCN1CCCC(O)C1)c1ccc2nc(Cc3cccc(Cl)c3)oc2c1. The number of hydrogen-bond donors (Lipinski definition) is 2. The Labute approximate surface area is 180 Å². The lowest BCUT2D eigenvalue weighted by atomic mass is 10.1. The predicted octanol–water partition coefficient (Wildman–Crippen LogP) is 3.65. The number of oxazole rings is 1. The molecule has 3 aromatic rings. The van der Waals surface area contributed by atoms with Gasteiger partial charge in [-0.15, -0.1) is 0 Å². The van der Waals surface area contributed by atoms with Crippen LogP contribution in [0.3, 0.4) is 0 Å². The molecule has 0 radical (unpaired) electrons. The van der Waals surface area contributed by atoms with Crippen molar-refractivity contribution < 1.29 is 14.3 Å². The van der Waals surface area contributed by atoms with Crippen LogP contribution >= 0.6 is 11.6 Å². The highest BCUT2D eigenvalue weighted by Gasteiger charge is 2.17. The van der Waals surface area contributed by atoms with Crippen molar-refractivity contribution in [2.24, 2.45) is 0 Å². The quantitative estimate of drug-likeness (QED) is 0.563. The summed E-state index contributed by atoms with van der Waals surface area (Å²) in [6.45, 7) is 3.23. The van der Waals surface area contributed by atoms with Crippen LogP contribution < -0.4 is 5.32 Å². The molecule has 1 fully saturated rings. The van der Waals surface area contributed by atoms with Crippen LogP contribution in [0, 0.1) is 0 Å². The van der Waals surface area contributed by atoms with Crippen molar-refractivity contribution in [3.63, 3.8) is 0 Å². The number of β-amino-alcohol motifs (C(OH)–C–C–N with tert-alkyl or cyclic N) is 1. The minimum absolute atomic E-state index is 0.122. The molecule has 6 nitrogen and oxygen atoms in total. The summed E-state index contributed by atoms with van der Waals surface area (Å²) in [5.74, 6) is 0.469. The number of aliphatic hydroxyl groups is 1. The second-order valence-corrected chi connectivity index (χ2v) is 8.24. The van der Waals surface area contributed by atoms with Gasteiger partial charge in [-0.2, -0.15) is 0 Å². The number of piperidine rings is 1. The van der Waals surface area contributed by atoms with Gasteiger partial charge in [-0.05, 0) is 68.2 Å². The highest BCUT2D eigenvalue weighted by Crippen LogP contribution is 2.21. The molecular formula is C23H26ClN3O3. The van der Waals surface area contributed by atoms with E-state index in [-0.39, 0.29) is 12.0 Å². The molecule has 0 saturated carbocycles. The molecule has 2 aromatic carbocycles. The summed E-state index contributed by atoms with van der Waals surface area (Å²) < 4.78 is 5.85. The third-order valence-corrected chi connectivity index (χ3v) is 5.59. The maximum absolute atomic E-state index is 12.5. The first-order valence-electron chi connectivity index (χ1n) is 10.4. The van der Waals surface area contributed by atoms with Crippen LogP contribution in [0.5, 0.6) is 0 Å². The molecule has 1 saturated heterocycles. The maximum atomic E-state index is 12.5. The van der Waals surface area contributed by atoms with Crippen LogP contribution in [0.25, 0.3) is 11.1 Å². The molecule has 0 aliphatic carbocycles. The molecule has 2 heterocycles. The highest BCUT2D eigenvalue weighted by atomic mass is 35.5. The number of carbonyl (C=O) groups excluding carboxylic acids is 1. The van der Waals surface area contributed by atoms with Gasteiger partial charge in [0.1, 0.15) is 5.52 Å². The molecule has 2 N–H and O–H groups in total. The van der Waals surface area contributed by atoms with E-state index < -0.39 is 0 Å². The summed E-state index contributed by atoms with van der Waals surface area (Å²) in [7, 11) is 0. The Morgan fingerprint density at radius 1 is 1.30 bits per heavy atom. The minimum Gasteiger partial charge on any atom is -0.440 e. The van der Waals surface area contributed by atoms with E-state index in [2.05, 4.69) is 15.2 Å². The first kappa shape index (κ1) is 20.8. The molecule has 30 heavy (non-hydrogen) atoms. The van der Waals surface area contributed by atoms with Crippen molar-refractivity contribution in [2.45, 2.75) is 31.8 Å². The molecule has 7 heteroatoms. The number of nitrogens with one attached hydrogen (secondary N) is 1. The second-order valence-electron chi connectivity index (χ2n) is 7.80. The number of carbonyl (C=O) groups is 1. The number of likely N-dealkylation sites (tertiary alicyclic amines) is 1. The van der Waals surface area contributed by atoms with Crippen LogP contribution in [0.15, 0.2) is 46.9 Å². The van der Waals surface area contributed by atoms with Crippen molar-refractivity contribution in [3.05, 3.63) is 64.5 Å². The fourth-order valence-electron chi connectivity index (χ4n) is 3.85. The second kappa shape index (κ2) is 9.60. The molecule has 1 atom stereocenters. The van der Waals surface area contributed by atoms with E-state index in [0.717, 1.165) is 50.0 Å². The number of aliphatic hydroxyl groups excluding tert-OH is 1. The summed E-state index contributed by atoms with van der Waals surface area (Å²) in [4.78, 5) is 19.2. The number of amides is 1. The lowest BCUT2D eigenvalue weighted by Gasteiger charge is -2.29. The smallest absolute Gasteiger partial charge is 0.251 e. The van der Waals surface area contributed by atoms with E-state index in [0.29, 0.717) is 35.0 Å². The topological polar surface area (TPSA) is 78.6 Å². The number of fused-ring (bicyclic) bond motifs is 1. The third kappa shape index (κ3) is 5.39. The van der Waals surface area contributed by atoms with E-state index in [4.69, 9.17) is 16.0 Å². The van der Waals surface area contributed by atoms with Crippen molar-refractivity contribution in [1.29, 1.82) is 0 Å². The number of nitrogens with zero attached hydrogens (tertiary/aromatic N) is 2. The van der Waals surface area contributed by atoms with Crippen molar-refractivity contribution in [1.82, 2.24) is 15.2 Å². The average molecular weight is 428 g/mol. The zero-order valence-electron chi connectivity index (χ0n) is 16.8. The molecule has 158 valence electrons. The third-order valence-electron chi connectivity index (χ3n) is 5.36. The summed E-state index contributed by atoms with van der Waals surface area (Å²) in [5, 5.41) is 13.4. The number of halogens is 1. The molecule has 1 amide bonds.